The largest absolute Gasteiger partial charge is 0.384 e. The van der Waals surface area contributed by atoms with Gasteiger partial charge < -0.3 is 5.73 Å². The number of nitrogens with zero attached hydrogens (tertiary/aromatic N) is 3. The van der Waals surface area contributed by atoms with Gasteiger partial charge in [0.05, 0.1) is 5.69 Å². The summed E-state index contributed by atoms with van der Waals surface area (Å²) in [4.78, 5) is 3.97. The minimum absolute atomic E-state index is 0.539. The lowest BCUT2D eigenvalue weighted by Crippen LogP contribution is -2.01. The third-order valence-corrected chi connectivity index (χ3v) is 2.23. The predicted molar refractivity (Wildman–Crippen MR) is 60.2 cm³/mol. The molecule has 78 valence electrons. The number of hydrogen-bond acceptors (Lipinski definition) is 3. The van der Waals surface area contributed by atoms with Crippen LogP contribution in [-0.4, -0.2) is 14.8 Å². The Hall–Kier alpha value is -1.84. The molecule has 0 atom stereocenters. The monoisotopic (exact) mass is 202 g/mol. The number of aromatic nitrogens is 3. The topological polar surface area (TPSA) is 56.7 Å². The van der Waals surface area contributed by atoms with Gasteiger partial charge in [0, 0.05) is 24.5 Å². The van der Waals surface area contributed by atoms with Crippen molar-refractivity contribution in [3.63, 3.8) is 0 Å². The summed E-state index contributed by atoms with van der Waals surface area (Å²) >= 11 is 0. The molecule has 0 unspecified atom stereocenters. The highest BCUT2D eigenvalue weighted by molar-refractivity contribution is 5.61. The van der Waals surface area contributed by atoms with Gasteiger partial charge in [0.15, 0.2) is 0 Å². The molecular formula is C11H14N4. The minimum Gasteiger partial charge on any atom is -0.384 e. The first-order valence-electron chi connectivity index (χ1n) is 5.05. The molecular weight excluding hydrogens is 188 g/mol. The number of aryl methyl sites for hydroxylation is 1. The Morgan fingerprint density at radius 3 is 2.93 bits per heavy atom. The molecule has 2 N–H and O–H groups in total. The van der Waals surface area contributed by atoms with Crippen molar-refractivity contribution in [2.24, 2.45) is 0 Å². The van der Waals surface area contributed by atoms with E-state index in [0.717, 1.165) is 24.2 Å². The molecule has 0 aliphatic heterocycles. The summed E-state index contributed by atoms with van der Waals surface area (Å²) in [5.41, 5.74) is 7.80. The Morgan fingerprint density at radius 1 is 1.33 bits per heavy atom. The third-order valence-electron chi connectivity index (χ3n) is 2.23. The molecule has 4 heteroatoms. The highest BCUT2D eigenvalue weighted by Gasteiger charge is 2.04. The van der Waals surface area contributed by atoms with Crippen LogP contribution in [0.1, 0.15) is 13.3 Å². The Labute approximate surface area is 88.8 Å². The molecule has 2 aromatic rings. The van der Waals surface area contributed by atoms with Gasteiger partial charge in [-0.2, -0.15) is 5.10 Å². The van der Waals surface area contributed by atoms with Crippen LogP contribution in [0.3, 0.4) is 0 Å². The van der Waals surface area contributed by atoms with Crippen LogP contribution in [0, 0.1) is 0 Å². The molecule has 0 saturated carbocycles. The zero-order valence-corrected chi connectivity index (χ0v) is 8.72. The van der Waals surface area contributed by atoms with Crippen molar-refractivity contribution in [1.29, 1.82) is 0 Å². The highest BCUT2D eigenvalue weighted by Crippen LogP contribution is 2.19. The average molecular weight is 202 g/mol. The molecule has 0 aliphatic carbocycles. The van der Waals surface area contributed by atoms with Crippen molar-refractivity contribution in [2.45, 2.75) is 19.9 Å². The number of rotatable bonds is 3. The molecule has 0 bridgehead atoms. The quantitative estimate of drug-likeness (QED) is 0.827. The van der Waals surface area contributed by atoms with Crippen LogP contribution in [0.15, 0.2) is 30.6 Å². The molecule has 0 amide bonds. The molecule has 2 heterocycles. The molecule has 0 spiro atoms. The average Bonchev–Trinajstić information content (AvgIpc) is 2.66. The molecule has 0 saturated heterocycles. The van der Waals surface area contributed by atoms with E-state index in [0.29, 0.717) is 5.82 Å². The molecule has 2 rings (SSSR count). The first-order valence-corrected chi connectivity index (χ1v) is 5.05. The number of pyridine rings is 1. The van der Waals surface area contributed by atoms with Crippen LogP contribution in [0.4, 0.5) is 5.82 Å². The maximum atomic E-state index is 5.65. The van der Waals surface area contributed by atoms with Crippen LogP contribution in [0.2, 0.25) is 0 Å². The summed E-state index contributed by atoms with van der Waals surface area (Å²) in [5.74, 6) is 0.539. The van der Waals surface area contributed by atoms with Crippen LogP contribution in [0.5, 0.6) is 0 Å². The van der Waals surface area contributed by atoms with E-state index in [4.69, 9.17) is 5.73 Å². The fraction of sp³-hybridized carbons (Fsp3) is 0.273. The molecule has 15 heavy (non-hydrogen) atoms. The second kappa shape index (κ2) is 4.13. The van der Waals surface area contributed by atoms with E-state index in [1.165, 1.54) is 0 Å². The molecule has 0 aromatic carbocycles. The van der Waals surface area contributed by atoms with Gasteiger partial charge in [-0.25, -0.2) is 4.98 Å². The van der Waals surface area contributed by atoms with Gasteiger partial charge in [0.25, 0.3) is 0 Å². The van der Waals surface area contributed by atoms with E-state index >= 15 is 0 Å². The number of anilines is 1. The minimum atomic E-state index is 0.539. The number of nitrogens with two attached hydrogens (primary N) is 1. The van der Waals surface area contributed by atoms with Gasteiger partial charge in [-0.05, 0) is 24.6 Å². The van der Waals surface area contributed by atoms with Gasteiger partial charge in [0.2, 0.25) is 0 Å². The Bertz CT molecular complexity index is 447. The van der Waals surface area contributed by atoms with Crippen molar-refractivity contribution < 1.29 is 0 Å². The van der Waals surface area contributed by atoms with E-state index < -0.39 is 0 Å². The highest BCUT2D eigenvalue weighted by atomic mass is 15.3. The van der Waals surface area contributed by atoms with Crippen molar-refractivity contribution in [3.05, 3.63) is 30.6 Å². The zero-order chi connectivity index (χ0) is 10.7. The molecule has 0 fully saturated rings. The third kappa shape index (κ3) is 1.98. The Balaban J connectivity index is 2.40. The van der Waals surface area contributed by atoms with E-state index in [-0.39, 0.29) is 0 Å². The fourth-order valence-corrected chi connectivity index (χ4v) is 1.58. The number of hydrogen-bond donors (Lipinski definition) is 1. The van der Waals surface area contributed by atoms with E-state index in [1.54, 1.807) is 6.20 Å². The second-order valence-electron chi connectivity index (χ2n) is 3.41. The van der Waals surface area contributed by atoms with Crippen molar-refractivity contribution in [3.8, 4) is 11.3 Å². The van der Waals surface area contributed by atoms with Crippen LogP contribution >= 0.6 is 0 Å². The Morgan fingerprint density at radius 2 is 2.20 bits per heavy atom. The van der Waals surface area contributed by atoms with E-state index in [2.05, 4.69) is 17.0 Å². The molecule has 0 radical (unpaired) electrons. The van der Waals surface area contributed by atoms with Crippen molar-refractivity contribution >= 4 is 5.82 Å². The SMILES string of the molecule is CCCn1nccc1-c1ccnc(N)c1. The molecule has 4 nitrogen and oxygen atoms in total. The van der Waals surface area contributed by atoms with Gasteiger partial charge in [-0.15, -0.1) is 0 Å². The maximum Gasteiger partial charge on any atom is 0.123 e. The standard InChI is InChI=1S/C11H14N4/c1-2-7-15-10(4-6-14-15)9-3-5-13-11(12)8-9/h3-6,8H,2,7H2,1H3,(H2,12,13). The summed E-state index contributed by atoms with van der Waals surface area (Å²) < 4.78 is 1.98. The lowest BCUT2D eigenvalue weighted by Gasteiger charge is -2.06. The van der Waals surface area contributed by atoms with Gasteiger partial charge in [-0.3, -0.25) is 4.68 Å². The number of nitrogen functional groups attached to an aromatic ring is 1. The van der Waals surface area contributed by atoms with Gasteiger partial charge in [0.1, 0.15) is 5.82 Å². The van der Waals surface area contributed by atoms with Crippen LogP contribution < -0.4 is 5.73 Å². The molecule has 0 aliphatic rings. The molecule has 2 aromatic heterocycles. The predicted octanol–water partition coefficient (Wildman–Crippen LogP) is 1.94. The smallest absolute Gasteiger partial charge is 0.123 e. The van der Waals surface area contributed by atoms with E-state index in [1.807, 2.05) is 29.1 Å². The summed E-state index contributed by atoms with van der Waals surface area (Å²) in [6.07, 6.45) is 4.59. The normalized spacial score (nSPS) is 10.5. The summed E-state index contributed by atoms with van der Waals surface area (Å²) in [6, 6.07) is 5.80. The van der Waals surface area contributed by atoms with E-state index in [9.17, 15) is 0 Å². The lowest BCUT2D eigenvalue weighted by molar-refractivity contribution is 0.609. The van der Waals surface area contributed by atoms with Crippen LogP contribution in [0.25, 0.3) is 11.3 Å². The van der Waals surface area contributed by atoms with Crippen molar-refractivity contribution in [1.82, 2.24) is 14.8 Å². The van der Waals surface area contributed by atoms with Gasteiger partial charge >= 0.3 is 0 Å². The van der Waals surface area contributed by atoms with Crippen molar-refractivity contribution in [2.75, 3.05) is 5.73 Å². The fourth-order valence-electron chi connectivity index (χ4n) is 1.58. The summed E-state index contributed by atoms with van der Waals surface area (Å²) in [5, 5.41) is 4.27. The lowest BCUT2D eigenvalue weighted by atomic mass is 10.2. The van der Waals surface area contributed by atoms with Crippen LogP contribution in [-0.2, 0) is 6.54 Å². The summed E-state index contributed by atoms with van der Waals surface area (Å²) in [7, 11) is 0. The first kappa shape index (κ1) is 9.71. The second-order valence-corrected chi connectivity index (χ2v) is 3.41. The zero-order valence-electron chi connectivity index (χ0n) is 8.72. The van der Waals surface area contributed by atoms with Gasteiger partial charge in [-0.1, -0.05) is 6.92 Å². The Kier molecular flexibility index (Phi) is 2.67. The summed E-state index contributed by atoms with van der Waals surface area (Å²) in [6.45, 7) is 3.05. The maximum absolute atomic E-state index is 5.65. The first-order chi connectivity index (χ1) is 7.31.